The quantitative estimate of drug-likeness (QED) is 0.499. The summed E-state index contributed by atoms with van der Waals surface area (Å²) in [5.41, 5.74) is 1.51. The summed E-state index contributed by atoms with van der Waals surface area (Å²) in [6, 6.07) is 11.9. The molecule has 1 heterocycles. The Bertz CT molecular complexity index is 965. The maximum absolute atomic E-state index is 14.6. The van der Waals surface area contributed by atoms with E-state index in [4.69, 9.17) is 0 Å². The Morgan fingerprint density at radius 2 is 1.81 bits per heavy atom. The summed E-state index contributed by atoms with van der Waals surface area (Å²) >= 11 is 0. The summed E-state index contributed by atoms with van der Waals surface area (Å²) in [4.78, 5) is 16.3. The molecule has 0 bridgehead atoms. The van der Waals surface area contributed by atoms with Crippen molar-refractivity contribution in [2.45, 2.75) is 43.4 Å². The molecule has 31 heavy (non-hydrogen) atoms. The van der Waals surface area contributed by atoms with E-state index in [9.17, 15) is 13.6 Å². The molecule has 1 fully saturated rings. The van der Waals surface area contributed by atoms with E-state index in [1.165, 1.54) is 18.2 Å². The Balaban J connectivity index is 1.45. The van der Waals surface area contributed by atoms with Gasteiger partial charge in [-0.2, -0.15) is 0 Å². The van der Waals surface area contributed by atoms with Crippen molar-refractivity contribution in [2.75, 3.05) is 25.5 Å². The van der Waals surface area contributed by atoms with Gasteiger partial charge in [-0.25, -0.2) is 8.78 Å². The molecular weight excluding hydrogens is 398 g/mol. The molecule has 164 valence electrons. The van der Waals surface area contributed by atoms with Crippen LogP contribution < -0.4 is 16.0 Å². The molecule has 3 N–H and O–H groups in total. The molecule has 1 unspecified atom stereocenters. The lowest BCUT2D eigenvalue weighted by Crippen LogP contribution is -2.46. The number of fused-ring (bicyclic) bond motifs is 1. The number of aliphatic imine (C=N–C) groups is 1. The molecule has 2 aromatic carbocycles. The Morgan fingerprint density at radius 3 is 2.52 bits per heavy atom. The van der Waals surface area contributed by atoms with E-state index in [2.05, 4.69) is 20.9 Å². The predicted molar refractivity (Wildman–Crippen MR) is 118 cm³/mol. The number of carbonyl (C=O) groups excluding carboxylic acids is 1. The number of rotatable bonds is 5. The molecule has 1 aliphatic carbocycles. The second-order valence-electron chi connectivity index (χ2n) is 8.43. The maximum atomic E-state index is 14.6. The minimum atomic E-state index is -0.593. The number of hydrogen-bond acceptors (Lipinski definition) is 2. The molecule has 7 heteroatoms. The average Bonchev–Trinajstić information content (AvgIpc) is 3.23. The Morgan fingerprint density at radius 1 is 1.10 bits per heavy atom. The largest absolute Gasteiger partial charge is 0.356 e. The van der Waals surface area contributed by atoms with Crippen LogP contribution in [0.4, 0.5) is 14.5 Å². The van der Waals surface area contributed by atoms with Gasteiger partial charge in [0.2, 0.25) is 5.91 Å². The number of nitrogens with one attached hydrogen (secondary N) is 3. The standard InChI is InChI=1S/C24H28F2N4O/c1-27-23(28-14-16-13-21(31)30-20-10-3-2-7-17(16)20)29-15-24(11-4-5-12-24)22-18(25)8-6-9-19(22)26/h2-3,6-10,16H,4-5,11-15H2,1H3,(H,30,31)(H2,27,28,29). The smallest absolute Gasteiger partial charge is 0.225 e. The number of benzene rings is 2. The highest BCUT2D eigenvalue weighted by Gasteiger charge is 2.40. The summed E-state index contributed by atoms with van der Waals surface area (Å²) in [7, 11) is 1.67. The van der Waals surface area contributed by atoms with Gasteiger partial charge in [-0.15, -0.1) is 0 Å². The van der Waals surface area contributed by atoms with Gasteiger partial charge in [0.1, 0.15) is 11.6 Å². The molecule has 1 aliphatic heterocycles. The first-order valence-electron chi connectivity index (χ1n) is 10.8. The van der Waals surface area contributed by atoms with Crippen molar-refractivity contribution in [1.82, 2.24) is 10.6 Å². The third-order valence-electron chi connectivity index (χ3n) is 6.49. The first-order valence-corrected chi connectivity index (χ1v) is 10.8. The topological polar surface area (TPSA) is 65.5 Å². The van der Waals surface area contributed by atoms with Gasteiger partial charge in [0.15, 0.2) is 5.96 Å². The molecule has 1 amide bonds. The zero-order chi connectivity index (χ0) is 21.8. The van der Waals surface area contributed by atoms with Crippen molar-refractivity contribution in [3.05, 3.63) is 65.2 Å². The van der Waals surface area contributed by atoms with Crippen LogP contribution in [0.15, 0.2) is 47.5 Å². The lowest BCUT2D eigenvalue weighted by atomic mass is 9.78. The van der Waals surface area contributed by atoms with Crippen LogP contribution in [-0.2, 0) is 10.2 Å². The highest BCUT2D eigenvalue weighted by molar-refractivity contribution is 5.94. The van der Waals surface area contributed by atoms with E-state index in [-0.39, 0.29) is 17.4 Å². The van der Waals surface area contributed by atoms with Crippen LogP contribution in [-0.4, -0.2) is 32.0 Å². The lowest BCUT2D eigenvalue weighted by molar-refractivity contribution is -0.116. The number of nitrogens with zero attached hydrogens (tertiary/aromatic N) is 1. The first kappa shape index (κ1) is 21.3. The molecule has 2 aromatic rings. The van der Waals surface area contributed by atoms with E-state index in [1.807, 2.05) is 24.3 Å². The normalized spacial score (nSPS) is 20.2. The fraction of sp³-hybridized carbons (Fsp3) is 0.417. The maximum Gasteiger partial charge on any atom is 0.225 e. The number of anilines is 1. The summed E-state index contributed by atoms with van der Waals surface area (Å²) in [6.07, 6.45) is 3.73. The van der Waals surface area contributed by atoms with Crippen LogP contribution in [0.3, 0.4) is 0 Å². The van der Waals surface area contributed by atoms with Crippen LogP contribution >= 0.6 is 0 Å². The van der Waals surface area contributed by atoms with Crippen molar-refractivity contribution >= 4 is 17.6 Å². The average molecular weight is 427 g/mol. The van der Waals surface area contributed by atoms with Gasteiger partial charge in [-0.05, 0) is 36.6 Å². The minimum Gasteiger partial charge on any atom is -0.356 e. The summed E-state index contributed by atoms with van der Waals surface area (Å²) in [6.45, 7) is 0.928. The van der Waals surface area contributed by atoms with Gasteiger partial charge in [-0.3, -0.25) is 9.79 Å². The number of guanidine groups is 1. The molecular formula is C24H28F2N4O. The van der Waals surface area contributed by atoms with E-state index >= 15 is 0 Å². The van der Waals surface area contributed by atoms with Gasteiger partial charge in [0.05, 0.1) is 0 Å². The van der Waals surface area contributed by atoms with Crippen molar-refractivity contribution in [3.8, 4) is 0 Å². The fourth-order valence-corrected chi connectivity index (χ4v) is 4.95. The van der Waals surface area contributed by atoms with Gasteiger partial charge >= 0.3 is 0 Å². The third kappa shape index (κ3) is 4.40. The van der Waals surface area contributed by atoms with Crippen molar-refractivity contribution in [3.63, 3.8) is 0 Å². The van der Waals surface area contributed by atoms with E-state index in [0.717, 1.165) is 36.9 Å². The molecule has 1 saturated carbocycles. The van der Waals surface area contributed by atoms with E-state index in [1.54, 1.807) is 7.05 Å². The van der Waals surface area contributed by atoms with Crippen LogP contribution in [0.2, 0.25) is 0 Å². The molecule has 4 rings (SSSR count). The third-order valence-corrected chi connectivity index (χ3v) is 6.49. The highest BCUT2D eigenvalue weighted by atomic mass is 19.1. The number of carbonyl (C=O) groups is 1. The second kappa shape index (κ2) is 9.04. The Kier molecular flexibility index (Phi) is 6.20. The molecule has 0 spiro atoms. The van der Waals surface area contributed by atoms with E-state index < -0.39 is 17.0 Å². The predicted octanol–water partition coefficient (Wildman–Crippen LogP) is 4.07. The molecule has 0 saturated heterocycles. The summed E-state index contributed by atoms with van der Waals surface area (Å²) in [5.74, 6) is -0.402. The number of amides is 1. The number of halogens is 2. The first-order chi connectivity index (χ1) is 15.0. The minimum absolute atomic E-state index is 0.00613. The Hall–Kier alpha value is -2.96. The van der Waals surface area contributed by atoms with Crippen LogP contribution in [0, 0.1) is 11.6 Å². The number of hydrogen-bond donors (Lipinski definition) is 3. The molecule has 2 aliphatic rings. The van der Waals surface area contributed by atoms with Gasteiger partial charge < -0.3 is 16.0 Å². The molecule has 5 nitrogen and oxygen atoms in total. The zero-order valence-electron chi connectivity index (χ0n) is 17.7. The fourth-order valence-electron chi connectivity index (χ4n) is 4.95. The molecule has 0 radical (unpaired) electrons. The van der Waals surface area contributed by atoms with Crippen molar-refractivity contribution < 1.29 is 13.6 Å². The number of para-hydroxylation sites is 1. The lowest BCUT2D eigenvalue weighted by Gasteiger charge is -2.32. The van der Waals surface area contributed by atoms with Crippen LogP contribution in [0.5, 0.6) is 0 Å². The van der Waals surface area contributed by atoms with Crippen LogP contribution in [0.1, 0.15) is 49.1 Å². The van der Waals surface area contributed by atoms with Crippen molar-refractivity contribution in [1.29, 1.82) is 0 Å². The van der Waals surface area contributed by atoms with Gasteiger partial charge in [0, 0.05) is 49.1 Å². The Labute approximate surface area is 181 Å². The molecule has 0 aromatic heterocycles. The van der Waals surface area contributed by atoms with Gasteiger partial charge in [-0.1, -0.05) is 37.1 Å². The summed E-state index contributed by atoms with van der Waals surface area (Å²) < 4.78 is 29.1. The zero-order valence-corrected chi connectivity index (χ0v) is 17.7. The summed E-state index contributed by atoms with van der Waals surface area (Å²) in [5, 5.41) is 9.48. The van der Waals surface area contributed by atoms with Crippen molar-refractivity contribution in [2.24, 2.45) is 4.99 Å². The monoisotopic (exact) mass is 426 g/mol. The second-order valence-corrected chi connectivity index (χ2v) is 8.43. The SMILES string of the molecule is CN=C(NCC1CC(=O)Nc2ccccc21)NCC1(c2c(F)cccc2F)CCCC1. The molecule has 1 atom stereocenters. The van der Waals surface area contributed by atoms with Crippen LogP contribution in [0.25, 0.3) is 0 Å². The van der Waals surface area contributed by atoms with E-state index in [0.29, 0.717) is 25.5 Å². The van der Waals surface area contributed by atoms with Gasteiger partial charge in [0.25, 0.3) is 0 Å². The highest BCUT2D eigenvalue weighted by Crippen LogP contribution is 2.42.